The lowest BCUT2D eigenvalue weighted by molar-refractivity contribution is 0.102. The van der Waals surface area contributed by atoms with E-state index in [1.807, 2.05) is 0 Å². The molecule has 0 saturated heterocycles. The molecule has 0 saturated carbocycles. The molecular weight excluding hydrogens is 298 g/mol. The van der Waals surface area contributed by atoms with Crippen molar-refractivity contribution in [3.8, 4) is 5.88 Å². The average molecular weight is 308 g/mol. The smallest absolute Gasteiger partial charge is 0.261 e. The Kier molecular flexibility index (Phi) is 3.88. The largest absolute Gasteiger partial charge is 0.480 e. The predicted octanol–water partition coefficient (Wildman–Crippen LogP) is 2.50. The van der Waals surface area contributed by atoms with Gasteiger partial charge in [0.15, 0.2) is 0 Å². The molecule has 18 heavy (non-hydrogen) atoms. The second-order valence-electron chi connectivity index (χ2n) is 3.38. The van der Waals surface area contributed by atoms with Crippen LogP contribution in [0.15, 0.2) is 41.3 Å². The zero-order chi connectivity index (χ0) is 13.0. The van der Waals surface area contributed by atoms with Crippen LogP contribution in [-0.2, 0) is 0 Å². The minimum absolute atomic E-state index is 0.288. The van der Waals surface area contributed by atoms with Crippen molar-refractivity contribution >= 4 is 27.5 Å². The average Bonchev–Trinajstić information content (AvgIpc) is 2.41. The van der Waals surface area contributed by atoms with Crippen molar-refractivity contribution in [3.05, 3.63) is 46.8 Å². The zero-order valence-electron chi connectivity index (χ0n) is 9.55. The molecule has 2 aromatic rings. The number of anilines is 1. The Morgan fingerprint density at radius 3 is 2.83 bits per heavy atom. The molecule has 0 radical (unpaired) electrons. The number of methoxy groups -OCH3 is 1. The summed E-state index contributed by atoms with van der Waals surface area (Å²) in [5.41, 5.74) is 0.983. The third-order valence-electron chi connectivity index (χ3n) is 2.19. The molecule has 0 atom stereocenters. The van der Waals surface area contributed by atoms with Crippen molar-refractivity contribution in [2.75, 3.05) is 12.4 Å². The lowest BCUT2D eigenvalue weighted by Gasteiger charge is -2.07. The number of nitrogens with one attached hydrogen (secondary N) is 1. The minimum atomic E-state index is -0.288. The number of aromatic nitrogens is 2. The molecule has 6 heteroatoms. The van der Waals surface area contributed by atoms with Gasteiger partial charge in [0.25, 0.3) is 5.91 Å². The van der Waals surface area contributed by atoms with Crippen LogP contribution in [0, 0.1) is 0 Å². The van der Waals surface area contributed by atoms with Crippen molar-refractivity contribution in [3.63, 3.8) is 0 Å². The summed E-state index contributed by atoms with van der Waals surface area (Å²) in [5.74, 6) is 0.00384. The first-order chi connectivity index (χ1) is 8.70. The highest BCUT2D eigenvalue weighted by Crippen LogP contribution is 2.16. The Labute approximate surface area is 112 Å². The van der Waals surface area contributed by atoms with Crippen LogP contribution < -0.4 is 10.1 Å². The number of amides is 1. The van der Waals surface area contributed by atoms with Gasteiger partial charge in [-0.15, -0.1) is 0 Å². The van der Waals surface area contributed by atoms with Crippen LogP contribution in [0.3, 0.4) is 0 Å². The highest BCUT2D eigenvalue weighted by atomic mass is 79.9. The maximum Gasteiger partial charge on any atom is 0.261 e. The monoisotopic (exact) mass is 307 g/mol. The molecule has 0 spiro atoms. The van der Waals surface area contributed by atoms with E-state index in [9.17, 15) is 4.79 Å². The summed E-state index contributed by atoms with van der Waals surface area (Å²) >= 11 is 3.23. The van der Waals surface area contributed by atoms with E-state index in [-0.39, 0.29) is 5.91 Å². The molecule has 1 amide bonds. The first-order valence-corrected chi connectivity index (χ1v) is 5.92. The number of hydrogen-bond donors (Lipinski definition) is 1. The Hall–Kier alpha value is -1.95. The van der Waals surface area contributed by atoms with E-state index in [2.05, 4.69) is 31.2 Å². The summed E-state index contributed by atoms with van der Waals surface area (Å²) in [6, 6.07) is 6.82. The van der Waals surface area contributed by atoms with Crippen molar-refractivity contribution < 1.29 is 9.53 Å². The lowest BCUT2D eigenvalue weighted by Crippen LogP contribution is -2.13. The number of nitrogens with zero attached hydrogens (tertiary/aromatic N) is 2. The molecule has 2 aromatic heterocycles. The molecule has 0 unspecified atom stereocenters. The number of rotatable bonds is 3. The molecule has 5 nitrogen and oxygen atoms in total. The van der Waals surface area contributed by atoms with Gasteiger partial charge in [-0.1, -0.05) is 0 Å². The summed E-state index contributed by atoms with van der Waals surface area (Å²) < 4.78 is 5.74. The Morgan fingerprint density at radius 2 is 2.17 bits per heavy atom. The summed E-state index contributed by atoms with van der Waals surface area (Å²) in [6.07, 6.45) is 3.13. The van der Waals surface area contributed by atoms with Crippen LogP contribution in [0.5, 0.6) is 5.88 Å². The Balaban J connectivity index is 2.19. The first-order valence-electron chi connectivity index (χ1n) is 5.12. The molecule has 1 N–H and O–H groups in total. The van der Waals surface area contributed by atoms with Gasteiger partial charge in [-0.3, -0.25) is 4.79 Å². The van der Waals surface area contributed by atoms with E-state index < -0.39 is 0 Å². The van der Waals surface area contributed by atoms with Crippen LogP contribution in [0.2, 0.25) is 0 Å². The Bertz CT molecular complexity index is 558. The van der Waals surface area contributed by atoms with Gasteiger partial charge in [-0.2, -0.15) is 0 Å². The van der Waals surface area contributed by atoms with Crippen molar-refractivity contribution in [1.29, 1.82) is 0 Å². The fraction of sp³-hybridized carbons (Fsp3) is 0.0833. The lowest BCUT2D eigenvalue weighted by atomic mass is 10.2. The molecule has 0 aromatic carbocycles. The molecule has 2 rings (SSSR count). The summed E-state index contributed by atoms with van der Waals surface area (Å²) in [6.45, 7) is 0. The number of carbonyl (C=O) groups is 1. The first kappa shape index (κ1) is 12.5. The van der Waals surface area contributed by atoms with Crippen LogP contribution in [0.25, 0.3) is 0 Å². The van der Waals surface area contributed by atoms with Gasteiger partial charge in [0.2, 0.25) is 5.88 Å². The topological polar surface area (TPSA) is 64.1 Å². The third-order valence-corrected chi connectivity index (χ3v) is 2.66. The van der Waals surface area contributed by atoms with E-state index in [0.29, 0.717) is 21.7 Å². The normalized spacial score (nSPS) is 9.89. The summed E-state index contributed by atoms with van der Waals surface area (Å²) in [5, 5.41) is 2.72. The number of ether oxygens (including phenoxy) is 1. The van der Waals surface area contributed by atoms with Gasteiger partial charge in [-0.25, -0.2) is 9.97 Å². The minimum Gasteiger partial charge on any atom is -0.480 e. The molecule has 0 fully saturated rings. The summed E-state index contributed by atoms with van der Waals surface area (Å²) in [7, 11) is 1.47. The van der Waals surface area contributed by atoms with E-state index >= 15 is 0 Å². The van der Waals surface area contributed by atoms with Crippen LogP contribution in [0.4, 0.5) is 5.69 Å². The van der Waals surface area contributed by atoms with Gasteiger partial charge in [0, 0.05) is 6.20 Å². The fourth-order valence-electron chi connectivity index (χ4n) is 1.37. The van der Waals surface area contributed by atoms with Crippen LogP contribution in [-0.4, -0.2) is 23.0 Å². The second-order valence-corrected chi connectivity index (χ2v) is 4.20. The van der Waals surface area contributed by atoms with Crippen molar-refractivity contribution in [2.45, 2.75) is 0 Å². The standard InChI is InChI=1S/C12H10BrN3O2/c1-18-12-9(3-2-6-14-12)11(17)16-8-4-5-10(13)15-7-8/h2-7H,1H3,(H,16,17). The Morgan fingerprint density at radius 1 is 1.33 bits per heavy atom. The molecule has 0 aliphatic heterocycles. The van der Waals surface area contributed by atoms with Crippen LogP contribution >= 0.6 is 15.9 Å². The van der Waals surface area contributed by atoms with Gasteiger partial charge in [0.1, 0.15) is 10.2 Å². The molecule has 2 heterocycles. The number of halogens is 1. The van der Waals surface area contributed by atoms with Crippen LogP contribution in [0.1, 0.15) is 10.4 Å². The molecule has 0 aliphatic rings. The molecule has 0 aliphatic carbocycles. The maximum absolute atomic E-state index is 12.0. The van der Waals surface area contributed by atoms with Gasteiger partial charge in [0.05, 0.1) is 19.0 Å². The summed E-state index contributed by atoms with van der Waals surface area (Å²) in [4.78, 5) is 20.0. The molecule has 92 valence electrons. The maximum atomic E-state index is 12.0. The highest BCUT2D eigenvalue weighted by molar-refractivity contribution is 9.10. The van der Waals surface area contributed by atoms with Gasteiger partial charge in [-0.05, 0) is 40.2 Å². The fourth-order valence-corrected chi connectivity index (χ4v) is 1.61. The number of hydrogen-bond acceptors (Lipinski definition) is 4. The molecule has 0 bridgehead atoms. The van der Waals surface area contributed by atoms with E-state index in [4.69, 9.17) is 4.74 Å². The van der Waals surface area contributed by atoms with E-state index in [1.165, 1.54) is 7.11 Å². The number of carbonyl (C=O) groups excluding carboxylic acids is 1. The zero-order valence-corrected chi connectivity index (χ0v) is 11.1. The molecular formula is C12H10BrN3O2. The van der Waals surface area contributed by atoms with Crippen molar-refractivity contribution in [1.82, 2.24) is 9.97 Å². The predicted molar refractivity (Wildman–Crippen MR) is 70.7 cm³/mol. The van der Waals surface area contributed by atoms with E-state index in [1.54, 1.807) is 36.7 Å². The van der Waals surface area contributed by atoms with E-state index in [0.717, 1.165) is 0 Å². The van der Waals surface area contributed by atoms with Gasteiger partial charge < -0.3 is 10.1 Å². The third kappa shape index (κ3) is 2.84. The SMILES string of the molecule is COc1ncccc1C(=O)Nc1ccc(Br)nc1. The quantitative estimate of drug-likeness (QED) is 0.885. The van der Waals surface area contributed by atoms with Gasteiger partial charge >= 0.3 is 0 Å². The number of pyridine rings is 2. The van der Waals surface area contributed by atoms with Crippen molar-refractivity contribution in [2.24, 2.45) is 0 Å². The second kappa shape index (κ2) is 5.59. The highest BCUT2D eigenvalue weighted by Gasteiger charge is 2.12.